The van der Waals surface area contributed by atoms with Crippen LogP contribution in [0.2, 0.25) is 0 Å². The molecule has 0 aliphatic heterocycles. The molecule has 0 atom stereocenters. The van der Waals surface area contributed by atoms with Crippen molar-refractivity contribution in [3.8, 4) is 0 Å². The van der Waals surface area contributed by atoms with Crippen LogP contribution in [-0.4, -0.2) is 10.2 Å². The third kappa shape index (κ3) is 1.10. The first-order chi connectivity index (χ1) is 3.83. The van der Waals surface area contributed by atoms with Gasteiger partial charge in [-0.3, -0.25) is 0 Å². The van der Waals surface area contributed by atoms with Gasteiger partial charge in [0.15, 0.2) is 0 Å². The lowest BCUT2D eigenvalue weighted by atomic mass is 10.8. The average molecular weight is 148 g/mol. The topological polar surface area (TPSA) is 41.8 Å². The number of nitrogens with zero attached hydrogens (tertiary/aromatic N) is 1. The zero-order chi connectivity index (χ0) is 5.98. The van der Waals surface area contributed by atoms with Crippen LogP contribution < -0.4 is 0 Å². The van der Waals surface area contributed by atoms with E-state index in [0.717, 1.165) is 0 Å². The van der Waals surface area contributed by atoms with E-state index in [1.54, 1.807) is 0 Å². The van der Waals surface area contributed by atoms with Gasteiger partial charge < -0.3 is 4.42 Å². The Bertz CT molecular complexity index is 215. The minimum atomic E-state index is 0.300. The van der Waals surface area contributed by atoms with Crippen LogP contribution in [-0.2, 0) is 5.75 Å². The van der Waals surface area contributed by atoms with E-state index in [1.165, 1.54) is 0 Å². The van der Waals surface area contributed by atoms with Crippen molar-refractivity contribution in [2.24, 2.45) is 0 Å². The summed E-state index contributed by atoms with van der Waals surface area (Å²) >= 11 is 8.48. The highest BCUT2D eigenvalue weighted by Crippen LogP contribution is 1.96. The van der Waals surface area contributed by atoms with Crippen LogP contribution >= 0.6 is 24.8 Å². The van der Waals surface area contributed by atoms with Crippen molar-refractivity contribution >= 4 is 24.8 Å². The average Bonchev–Trinajstić information content (AvgIpc) is 2.14. The Labute approximate surface area is 56.5 Å². The highest BCUT2D eigenvalue weighted by molar-refractivity contribution is 7.79. The molecule has 3 nitrogen and oxygen atoms in total. The molecule has 0 radical (unpaired) electrons. The first kappa shape index (κ1) is 5.84. The largest absolute Gasteiger partial charge is 0.413 e. The summed E-state index contributed by atoms with van der Waals surface area (Å²) in [5, 5.41) is 6.13. The molecular formula is C3H4N2OS2. The number of aromatic nitrogens is 2. The molecule has 1 heterocycles. The zero-order valence-electron chi connectivity index (χ0n) is 3.92. The fourth-order valence-corrected chi connectivity index (χ4v) is 0.605. The predicted octanol–water partition coefficient (Wildman–Crippen LogP) is 1.16. The van der Waals surface area contributed by atoms with Crippen LogP contribution in [0.15, 0.2) is 4.42 Å². The van der Waals surface area contributed by atoms with E-state index in [9.17, 15) is 0 Å². The third-order valence-electron chi connectivity index (χ3n) is 0.618. The Morgan fingerprint density at radius 2 is 2.62 bits per heavy atom. The summed E-state index contributed by atoms with van der Waals surface area (Å²) in [6.07, 6.45) is 0. The van der Waals surface area contributed by atoms with Gasteiger partial charge in [-0.25, -0.2) is 5.10 Å². The number of hydrogen-bond donors (Lipinski definition) is 2. The Kier molecular flexibility index (Phi) is 1.69. The van der Waals surface area contributed by atoms with Gasteiger partial charge in [-0.1, -0.05) is 0 Å². The van der Waals surface area contributed by atoms with Crippen LogP contribution in [0.5, 0.6) is 0 Å². The van der Waals surface area contributed by atoms with Crippen LogP contribution in [0, 0.1) is 4.84 Å². The monoisotopic (exact) mass is 148 g/mol. The molecule has 1 aromatic rings. The number of hydrogen-bond acceptors (Lipinski definition) is 4. The van der Waals surface area contributed by atoms with E-state index in [4.69, 9.17) is 4.42 Å². The van der Waals surface area contributed by atoms with Crippen molar-refractivity contribution in [1.29, 1.82) is 0 Å². The van der Waals surface area contributed by atoms with Gasteiger partial charge in [-0.15, -0.1) is 5.10 Å². The minimum Gasteiger partial charge on any atom is -0.413 e. The molecule has 0 aliphatic carbocycles. The second kappa shape index (κ2) is 2.32. The van der Waals surface area contributed by atoms with E-state index >= 15 is 0 Å². The van der Waals surface area contributed by atoms with E-state index < -0.39 is 0 Å². The van der Waals surface area contributed by atoms with Crippen LogP contribution in [0.25, 0.3) is 0 Å². The summed E-state index contributed by atoms with van der Waals surface area (Å²) < 4.78 is 4.80. The number of nitrogens with one attached hydrogen (secondary N) is 1. The van der Waals surface area contributed by atoms with Gasteiger partial charge in [-0.05, 0) is 12.2 Å². The maximum absolute atomic E-state index is 4.80. The SMILES string of the molecule is S=c1[nH]nc(CS)o1. The molecule has 0 aromatic carbocycles. The maximum Gasteiger partial charge on any atom is 0.284 e. The molecule has 0 amide bonds. The Hall–Kier alpha value is -0.290. The Morgan fingerprint density at radius 3 is 2.88 bits per heavy atom. The van der Waals surface area contributed by atoms with E-state index in [0.29, 0.717) is 16.5 Å². The normalized spacial score (nSPS) is 9.62. The molecule has 1 rings (SSSR count). The summed E-state index contributed by atoms with van der Waals surface area (Å²) in [4.78, 5) is 0.300. The van der Waals surface area contributed by atoms with E-state index in [2.05, 4.69) is 35.0 Å². The molecule has 0 fully saturated rings. The van der Waals surface area contributed by atoms with Crippen LogP contribution in [0.1, 0.15) is 5.89 Å². The molecule has 0 saturated heterocycles. The Balaban J connectivity index is 3.01. The summed E-state index contributed by atoms with van der Waals surface area (Å²) in [6.45, 7) is 0. The van der Waals surface area contributed by atoms with Crippen LogP contribution in [0.3, 0.4) is 0 Å². The molecule has 0 saturated carbocycles. The highest BCUT2D eigenvalue weighted by atomic mass is 32.1. The standard InChI is InChI=1S/C3H4N2OS2/c7-1-2-4-5-3(8)6-2/h7H,1H2,(H,5,8). The van der Waals surface area contributed by atoms with E-state index in [1.807, 2.05) is 0 Å². The molecular weight excluding hydrogens is 144 g/mol. The molecule has 0 spiro atoms. The predicted molar refractivity (Wildman–Crippen MR) is 34.4 cm³/mol. The van der Waals surface area contributed by atoms with Gasteiger partial charge in [0.1, 0.15) is 0 Å². The second-order valence-electron chi connectivity index (χ2n) is 1.16. The van der Waals surface area contributed by atoms with Gasteiger partial charge in [0.25, 0.3) is 4.84 Å². The molecule has 1 aromatic heterocycles. The van der Waals surface area contributed by atoms with Gasteiger partial charge >= 0.3 is 0 Å². The van der Waals surface area contributed by atoms with Gasteiger partial charge in [0.05, 0.1) is 5.75 Å². The lowest BCUT2D eigenvalue weighted by molar-refractivity contribution is 0.501. The number of rotatable bonds is 1. The lowest BCUT2D eigenvalue weighted by Gasteiger charge is -1.75. The molecule has 1 N–H and O–H groups in total. The quantitative estimate of drug-likeness (QED) is 0.464. The number of aromatic amines is 1. The number of H-pyrrole nitrogens is 1. The first-order valence-electron chi connectivity index (χ1n) is 1.98. The second-order valence-corrected chi connectivity index (χ2v) is 1.85. The van der Waals surface area contributed by atoms with Gasteiger partial charge in [-0.2, -0.15) is 12.6 Å². The van der Waals surface area contributed by atoms with Crippen molar-refractivity contribution in [3.63, 3.8) is 0 Å². The highest BCUT2D eigenvalue weighted by Gasteiger charge is 1.91. The zero-order valence-corrected chi connectivity index (χ0v) is 5.63. The molecule has 0 unspecified atom stereocenters. The van der Waals surface area contributed by atoms with E-state index in [-0.39, 0.29) is 0 Å². The molecule has 5 heteroatoms. The van der Waals surface area contributed by atoms with Gasteiger partial charge in [0.2, 0.25) is 5.89 Å². The first-order valence-corrected chi connectivity index (χ1v) is 3.02. The van der Waals surface area contributed by atoms with Crippen LogP contribution in [0.4, 0.5) is 0 Å². The van der Waals surface area contributed by atoms with Crippen molar-refractivity contribution in [2.45, 2.75) is 5.75 Å². The summed E-state index contributed by atoms with van der Waals surface area (Å²) in [7, 11) is 0. The fraction of sp³-hybridized carbons (Fsp3) is 0.333. The minimum absolute atomic E-state index is 0.300. The number of thiol groups is 1. The fourth-order valence-electron chi connectivity index (χ4n) is 0.328. The molecule has 44 valence electrons. The summed E-state index contributed by atoms with van der Waals surface area (Å²) in [6, 6.07) is 0. The lowest BCUT2D eigenvalue weighted by Crippen LogP contribution is -1.73. The van der Waals surface area contributed by atoms with Crippen molar-refractivity contribution in [1.82, 2.24) is 10.2 Å². The third-order valence-corrected chi connectivity index (χ3v) is 1.06. The molecule has 8 heavy (non-hydrogen) atoms. The summed E-state index contributed by atoms with van der Waals surface area (Å²) in [5.74, 6) is 1.01. The van der Waals surface area contributed by atoms with Gasteiger partial charge in [0, 0.05) is 0 Å². The molecule has 0 aliphatic rings. The Morgan fingerprint density at radius 1 is 1.88 bits per heavy atom. The summed E-state index contributed by atoms with van der Waals surface area (Å²) in [5.41, 5.74) is 0. The maximum atomic E-state index is 4.80. The smallest absolute Gasteiger partial charge is 0.284 e. The van der Waals surface area contributed by atoms with Crippen molar-refractivity contribution in [2.75, 3.05) is 0 Å². The molecule has 0 bridgehead atoms. The van der Waals surface area contributed by atoms with Crippen molar-refractivity contribution in [3.05, 3.63) is 10.7 Å². The van der Waals surface area contributed by atoms with Crippen molar-refractivity contribution < 1.29 is 4.42 Å².